The lowest BCUT2D eigenvalue weighted by Gasteiger charge is -2.11. The normalized spacial score (nSPS) is 10.3. The molecule has 0 fully saturated rings. The highest BCUT2D eigenvalue weighted by Crippen LogP contribution is 2.25. The molecule has 0 amide bonds. The van der Waals surface area contributed by atoms with Gasteiger partial charge in [-0.3, -0.25) is 0 Å². The van der Waals surface area contributed by atoms with E-state index in [1.807, 2.05) is 48.5 Å². The van der Waals surface area contributed by atoms with Gasteiger partial charge in [-0.25, -0.2) is 0 Å². The van der Waals surface area contributed by atoms with E-state index in [0.29, 0.717) is 30.6 Å². The highest BCUT2D eigenvalue weighted by atomic mass is 16.5. The lowest BCUT2D eigenvalue weighted by Crippen LogP contribution is -2.09. The SMILES string of the molecule is COc1ccccc1OCCOc1ccc(-c2nnco2)cc1. The largest absolute Gasteiger partial charge is 0.493 e. The molecule has 0 spiro atoms. The number of hydrogen-bond acceptors (Lipinski definition) is 6. The molecule has 0 aliphatic heterocycles. The molecular formula is C17H16N2O4. The molecule has 1 heterocycles. The maximum atomic E-state index is 5.65. The van der Waals surface area contributed by atoms with Gasteiger partial charge in [-0.1, -0.05) is 12.1 Å². The van der Waals surface area contributed by atoms with Gasteiger partial charge >= 0.3 is 0 Å². The average Bonchev–Trinajstić information content (AvgIpc) is 3.14. The zero-order valence-electron chi connectivity index (χ0n) is 12.6. The highest BCUT2D eigenvalue weighted by Gasteiger charge is 2.04. The number of nitrogens with zero attached hydrogens (tertiary/aromatic N) is 2. The van der Waals surface area contributed by atoms with Gasteiger partial charge < -0.3 is 18.6 Å². The molecule has 0 atom stereocenters. The monoisotopic (exact) mass is 312 g/mol. The van der Waals surface area contributed by atoms with Crippen LogP contribution in [-0.4, -0.2) is 30.5 Å². The van der Waals surface area contributed by atoms with Crippen molar-refractivity contribution < 1.29 is 18.6 Å². The first kappa shape index (κ1) is 14.9. The Morgan fingerprint density at radius 3 is 2.35 bits per heavy atom. The van der Waals surface area contributed by atoms with E-state index in [9.17, 15) is 0 Å². The smallest absolute Gasteiger partial charge is 0.247 e. The first-order valence-corrected chi connectivity index (χ1v) is 7.12. The predicted octanol–water partition coefficient (Wildman–Crippen LogP) is 3.20. The van der Waals surface area contributed by atoms with Crippen molar-refractivity contribution in [2.24, 2.45) is 0 Å². The first-order valence-electron chi connectivity index (χ1n) is 7.12. The summed E-state index contributed by atoms with van der Waals surface area (Å²) >= 11 is 0. The number of para-hydroxylation sites is 2. The molecular weight excluding hydrogens is 296 g/mol. The number of ether oxygens (including phenoxy) is 3. The fourth-order valence-corrected chi connectivity index (χ4v) is 2.04. The highest BCUT2D eigenvalue weighted by molar-refractivity contribution is 5.53. The average molecular weight is 312 g/mol. The van der Waals surface area contributed by atoms with Gasteiger partial charge in [0.2, 0.25) is 12.3 Å². The third kappa shape index (κ3) is 3.79. The third-order valence-corrected chi connectivity index (χ3v) is 3.14. The number of aromatic nitrogens is 2. The summed E-state index contributed by atoms with van der Waals surface area (Å²) in [4.78, 5) is 0. The molecule has 0 bridgehead atoms. The van der Waals surface area contributed by atoms with Crippen LogP contribution in [-0.2, 0) is 0 Å². The Kier molecular flexibility index (Phi) is 4.73. The van der Waals surface area contributed by atoms with Crippen molar-refractivity contribution >= 4 is 0 Å². The minimum Gasteiger partial charge on any atom is -0.493 e. The zero-order valence-corrected chi connectivity index (χ0v) is 12.6. The number of hydrogen-bond donors (Lipinski definition) is 0. The van der Waals surface area contributed by atoms with Crippen LogP contribution >= 0.6 is 0 Å². The summed E-state index contributed by atoms with van der Waals surface area (Å²) < 4.78 is 21.6. The Labute approximate surface area is 133 Å². The Bertz CT molecular complexity index is 727. The van der Waals surface area contributed by atoms with E-state index in [1.54, 1.807) is 7.11 Å². The Morgan fingerprint density at radius 1 is 0.913 bits per heavy atom. The molecule has 0 unspecified atom stereocenters. The standard InChI is InChI=1S/C17H16N2O4/c1-20-15-4-2-3-5-16(15)22-11-10-21-14-8-6-13(7-9-14)17-19-18-12-23-17/h2-9,12H,10-11H2,1H3. The van der Waals surface area contributed by atoms with Crippen LogP contribution in [0.2, 0.25) is 0 Å². The van der Waals surface area contributed by atoms with Gasteiger partial charge in [0, 0.05) is 5.56 Å². The van der Waals surface area contributed by atoms with Crippen LogP contribution in [0, 0.1) is 0 Å². The quantitative estimate of drug-likeness (QED) is 0.624. The van der Waals surface area contributed by atoms with Gasteiger partial charge in [0.25, 0.3) is 0 Å². The van der Waals surface area contributed by atoms with E-state index in [4.69, 9.17) is 18.6 Å². The summed E-state index contributed by atoms with van der Waals surface area (Å²) in [5.41, 5.74) is 0.847. The van der Waals surface area contributed by atoms with Crippen LogP contribution in [0.4, 0.5) is 0 Å². The van der Waals surface area contributed by atoms with Crippen molar-refractivity contribution in [3.05, 3.63) is 54.9 Å². The molecule has 0 N–H and O–H groups in total. The summed E-state index contributed by atoms with van der Waals surface area (Å²) in [5.74, 6) is 2.63. The predicted molar refractivity (Wildman–Crippen MR) is 83.7 cm³/mol. The molecule has 1 aromatic heterocycles. The second-order valence-corrected chi connectivity index (χ2v) is 4.62. The molecule has 0 radical (unpaired) electrons. The van der Waals surface area contributed by atoms with E-state index >= 15 is 0 Å². The minimum absolute atomic E-state index is 0.422. The Morgan fingerprint density at radius 2 is 1.65 bits per heavy atom. The van der Waals surface area contributed by atoms with E-state index in [-0.39, 0.29) is 0 Å². The maximum Gasteiger partial charge on any atom is 0.247 e. The molecule has 6 nitrogen and oxygen atoms in total. The van der Waals surface area contributed by atoms with E-state index in [2.05, 4.69) is 10.2 Å². The molecule has 0 aliphatic rings. The maximum absolute atomic E-state index is 5.65. The molecule has 0 aliphatic carbocycles. The van der Waals surface area contributed by atoms with E-state index in [0.717, 1.165) is 11.3 Å². The van der Waals surface area contributed by atoms with Gasteiger partial charge in [0.15, 0.2) is 11.5 Å². The van der Waals surface area contributed by atoms with Gasteiger partial charge in [0.1, 0.15) is 19.0 Å². The minimum atomic E-state index is 0.422. The second kappa shape index (κ2) is 7.31. The van der Waals surface area contributed by atoms with Crippen LogP contribution in [0.1, 0.15) is 0 Å². The molecule has 2 aromatic carbocycles. The number of rotatable bonds is 7. The van der Waals surface area contributed by atoms with Crippen molar-refractivity contribution in [2.45, 2.75) is 0 Å². The van der Waals surface area contributed by atoms with Crippen LogP contribution < -0.4 is 14.2 Å². The molecule has 0 saturated heterocycles. The number of benzene rings is 2. The van der Waals surface area contributed by atoms with Crippen LogP contribution in [0.5, 0.6) is 17.2 Å². The topological polar surface area (TPSA) is 66.6 Å². The van der Waals surface area contributed by atoms with Gasteiger partial charge in [0.05, 0.1) is 7.11 Å². The molecule has 118 valence electrons. The van der Waals surface area contributed by atoms with Crippen LogP contribution in [0.25, 0.3) is 11.5 Å². The third-order valence-electron chi connectivity index (χ3n) is 3.14. The van der Waals surface area contributed by atoms with Crippen LogP contribution in [0.15, 0.2) is 59.3 Å². The van der Waals surface area contributed by atoms with Crippen LogP contribution in [0.3, 0.4) is 0 Å². The lowest BCUT2D eigenvalue weighted by molar-refractivity contribution is 0.211. The van der Waals surface area contributed by atoms with Crippen molar-refractivity contribution in [1.82, 2.24) is 10.2 Å². The molecule has 6 heteroatoms. The molecule has 0 saturated carbocycles. The second-order valence-electron chi connectivity index (χ2n) is 4.62. The Hall–Kier alpha value is -3.02. The summed E-state index contributed by atoms with van der Waals surface area (Å²) in [6.45, 7) is 0.851. The summed E-state index contributed by atoms with van der Waals surface area (Å²) in [6.07, 6.45) is 1.30. The summed E-state index contributed by atoms with van der Waals surface area (Å²) in [6, 6.07) is 14.9. The van der Waals surface area contributed by atoms with Crippen molar-refractivity contribution in [1.29, 1.82) is 0 Å². The first-order chi connectivity index (χ1) is 11.4. The Balaban J connectivity index is 1.49. The van der Waals surface area contributed by atoms with Gasteiger partial charge in [-0.15, -0.1) is 10.2 Å². The van der Waals surface area contributed by atoms with E-state index < -0.39 is 0 Å². The summed E-state index contributed by atoms with van der Waals surface area (Å²) in [7, 11) is 1.61. The summed E-state index contributed by atoms with van der Waals surface area (Å²) in [5, 5.41) is 7.50. The fourth-order valence-electron chi connectivity index (χ4n) is 2.04. The van der Waals surface area contributed by atoms with Crippen molar-refractivity contribution in [3.8, 4) is 28.7 Å². The van der Waals surface area contributed by atoms with E-state index in [1.165, 1.54) is 6.39 Å². The zero-order chi connectivity index (χ0) is 15.9. The van der Waals surface area contributed by atoms with Gasteiger partial charge in [-0.2, -0.15) is 0 Å². The fraction of sp³-hybridized carbons (Fsp3) is 0.176. The molecule has 23 heavy (non-hydrogen) atoms. The van der Waals surface area contributed by atoms with Crippen molar-refractivity contribution in [2.75, 3.05) is 20.3 Å². The molecule has 3 rings (SSSR count). The lowest BCUT2D eigenvalue weighted by atomic mass is 10.2. The van der Waals surface area contributed by atoms with Gasteiger partial charge in [-0.05, 0) is 36.4 Å². The number of methoxy groups -OCH3 is 1. The molecule has 3 aromatic rings. The van der Waals surface area contributed by atoms with Crippen molar-refractivity contribution in [3.63, 3.8) is 0 Å².